The first kappa shape index (κ1) is 11.0. The Labute approximate surface area is 95.0 Å². The maximum absolute atomic E-state index is 11.5. The fourth-order valence-corrected chi connectivity index (χ4v) is 1.74. The molecule has 0 saturated carbocycles. The zero-order chi connectivity index (χ0) is 11.5. The van der Waals surface area contributed by atoms with Crippen molar-refractivity contribution < 1.29 is 9.53 Å². The van der Waals surface area contributed by atoms with E-state index in [-0.39, 0.29) is 12.1 Å². The Morgan fingerprint density at radius 1 is 1.38 bits per heavy atom. The second kappa shape index (κ2) is 4.53. The van der Waals surface area contributed by atoms with Crippen LogP contribution in [0, 0.1) is 0 Å². The van der Waals surface area contributed by atoms with E-state index in [2.05, 4.69) is 0 Å². The molecule has 1 fully saturated rings. The van der Waals surface area contributed by atoms with Gasteiger partial charge in [-0.05, 0) is 31.0 Å². The Kier molecular flexibility index (Phi) is 3.10. The van der Waals surface area contributed by atoms with Gasteiger partial charge in [0.2, 0.25) is 0 Å². The molecule has 1 amide bonds. The van der Waals surface area contributed by atoms with E-state index >= 15 is 0 Å². The van der Waals surface area contributed by atoms with Gasteiger partial charge in [-0.1, -0.05) is 12.1 Å². The highest BCUT2D eigenvalue weighted by atomic mass is 16.6. The van der Waals surface area contributed by atoms with Crippen LogP contribution in [0.2, 0.25) is 0 Å². The van der Waals surface area contributed by atoms with Crippen LogP contribution in [-0.4, -0.2) is 19.2 Å². The summed E-state index contributed by atoms with van der Waals surface area (Å²) in [4.78, 5) is 13.1. The third-order valence-corrected chi connectivity index (χ3v) is 2.70. The van der Waals surface area contributed by atoms with Gasteiger partial charge in [-0.15, -0.1) is 0 Å². The first-order valence-corrected chi connectivity index (χ1v) is 5.48. The molecule has 1 aliphatic rings. The van der Waals surface area contributed by atoms with Gasteiger partial charge in [0.05, 0.1) is 6.61 Å². The minimum absolute atomic E-state index is 0.0161. The zero-order valence-corrected chi connectivity index (χ0v) is 9.35. The predicted octanol–water partition coefficient (Wildman–Crippen LogP) is 2.05. The van der Waals surface area contributed by atoms with Crippen molar-refractivity contribution in [3.05, 3.63) is 29.8 Å². The van der Waals surface area contributed by atoms with E-state index in [1.807, 2.05) is 31.2 Å². The minimum atomic E-state index is -0.264. The number of nitrogens with two attached hydrogens (primary N) is 1. The Hall–Kier alpha value is -1.55. The molecule has 1 unspecified atom stereocenters. The lowest BCUT2D eigenvalue weighted by molar-refractivity contribution is 0.140. The fourth-order valence-electron chi connectivity index (χ4n) is 1.74. The van der Waals surface area contributed by atoms with Crippen molar-refractivity contribution in [3.63, 3.8) is 0 Å². The molecule has 0 spiro atoms. The normalized spacial score (nSPS) is 18.1. The molecule has 0 bridgehead atoms. The van der Waals surface area contributed by atoms with Gasteiger partial charge in [-0.25, -0.2) is 4.79 Å². The topological polar surface area (TPSA) is 55.6 Å². The average molecular weight is 220 g/mol. The maximum atomic E-state index is 11.5. The Morgan fingerprint density at radius 2 is 2.06 bits per heavy atom. The lowest BCUT2D eigenvalue weighted by Crippen LogP contribution is -2.37. The SMILES string of the molecule is CC(N)c1ccc(N2CCCOC2=O)cc1. The number of carbonyl (C=O) groups excluding carboxylic acids is 1. The van der Waals surface area contributed by atoms with Crippen LogP contribution in [0.5, 0.6) is 0 Å². The van der Waals surface area contributed by atoms with E-state index in [1.54, 1.807) is 4.90 Å². The van der Waals surface area contributed by atoms with Gasteiger partial charge in [0.25, 0.3) is 0 Å². The van der Waals surface area contributed by atoms with E-state index in [4.69, 9.17) is 10.5 Å². The van der Waals surface area contributed by atoms with Crippen LogP contribution >= 0.6 is 0 Å². The van der Waals surface area contributed by atoms with Gasteiger partial charge in [-0.3, -0.25) is 4.90 Å². The highest BCUT2D eigenvalue weighted by Gasteiger charge is 2.20. The van der Waals surface area contributed by atoms with E-state index in [9.17, 15) is 4.79 Å². The third-order valence-electron chi connectivity index (χ3n) is 2.70. The molecule has 1 aliphatic heterocycles. The van der Waals surface area contributed by atoms with E-state index in [0.29, 0.717) is 6.61 Å². The fraction of sp³-hybridized carbons (Fsp3) is 0.417. The Balaban J connectivity index is 2.17. The second-order valence-electron chi connectivity index (χ2n) is 4.00. The van der Waals surface area contributed by atoms with Crippen LogP contribution in [0.3, 0.4) is 0 Å². The summed E-state index contributed by atoms with van der Waals surface area (Å²) in [7, 11) is 0. The van der Waals surface area contributed by atoms with Gasteiger partial charge in [-0.2, -0.15) is 0 Å². The molecular formula is C12H16N2O2. The molecular weight excluding hydrogens is 204 g/mol. The van der Waals surface area contributed by atoms with Gasteiger partial charge in [0.1, 0.15) is 0 Å². The van der Waals surface area contributed by atoms with Crippen molar-refractivity contribution in [2.45, 2.75) is 19.4 Å². The number of benzene rings is 1. The second-order valence-corrected chi connectivity index (χ2v) is 4.00. The molecule has 0 aliphatic carbocycles. The lowest BCUT2D eigenvalue weighted by atomic mass is 10.1. The number of hydrogen-bond donors (Lipinski definition) is 1. The van der Waals surface area contributed by atoms with Crippen LogP contribution in [0.1, 0.15) is 24.9 Å². The molecule has 16 heavy (non-hydrogen) atoms. The molecule has 1 heterocycles. The molecule has 86 valence electrons. The maximum Gasteiger partial charge on any atom is 0.414 e. The number of amides is 1. The molecule has 1 aromatic carbocycles. The van der Waals surface area contributed by atoms with Gasteiger partial charge in [0, 0.05) is 18.3 Å². The summed E-state index contributed by atoms with van der Waals surface area (Å²) in [5, 5.41) is 0. The van der Waals surface area contributed by atoms with Crippen molar-refractivity contribution in [1.82, 2.24) is 0 Å². The summed E-state index contributed by atoms with van der Waals surface area (Å²) < 4.78 is 4.98. The number of carbonyl (C=O) groups is 1. The van der Waals surface area contributed by atoms with E-state index in [0.717, 1.165) is 24.2 Å². The molecule has 1 saturated heterocycles. The molecule has 4 nitrogen and oxygen atoms in total. The molecule has 1 aromatic rings. The van der Waals surface area contributed by atoms with Crippen molar-refractivity contribution >= 4 is 11.8 Å². The van der Waals surface area contributed by atoms with Crippen LogP contribution in [0.4, 0.5) is 10.5 Å². The van der Waals surface area contributed by atoms with E-state index < -0.39 is 0 Å². The lowest BCUT2D eigenvalue weighted by Gasteiger charge is -2.26. The Bertz CT molecular complexity index is 373. The first-order chi connectivity index (χ1) is 7.68. The van der Waals surface area contributed by atoms with Crippen molar-refractivity contribution in [2.75, 3.05) is 18.1 Å². The average Bonchev–Trinajstić information content (AvgIpc) is 2.30. The predicted molar refractivity (Wildman–Crippen MR) is 62.4 cm³/mol. The van der Waals surface area contributed by atoms with Crippen molar-refractivity contribution in [3.8, 4) is 0 Å². The number of anilines is 1. The van der Waals surface area contributed by atoms with Gasteiger partial charge >= 0.3 is 6.09 Å². The summed E-state index contributed by atoms with van der Waals surface area (Å²) in [5.41, 5.74) is 7.70. The summed E-state index contributed by atoms with van der Waals surface area (Å²) in [6, 6.07) is 7.72. The van der Waals surface area contributed by atoms with Crippen LogP contribution in [-0.2, 0) is 4.74 Å². The van der Waals surface area contributed by atoms with Crippen molar-refractivity contribution in [1.29, 1.82) is 0 Å². The van der Waals surface area contributed by atoms with Gasteiger partial charge in [0.15, 0.2) is 0 Å². The molecule has 0 aromatic heterocycles. The summed E-state index contributed by atoms with van der Waals surface area (Å²) in [5.74, 6) is 0. The smallest absolute Gasteiger partial charge is 0.414 e. The molecule has 2 N–H and O–H groups in total. The van der Waals surface area contributed by atoms with Crippen LogP contribution in [0.15, 0.2) is 24.3 Å². The van der Waals surface area contributed by atoms with Crippen LogP contribution in [0.25, 0.3) is 0 Å². The monoisotopic (exact) mass is 220 g/mol. The summed E-state index contributed by atoms with van der Waals surface area (Å²) in [6.45, 7) is 3.17. The number of cyclic esters (lactones) is 1. The number of nitrogens with zero attached hydrogens (tertiary/aromatic N) is 1. The first-order valence-electron chi connectivity index (χ1n) is 5.48. The number of rotatable bonds is 2. The van der Waals surface area contributed by atoms with E-state index in [1.165, 1.54) is 0 Å². The van der Waals surface area contributed by atoms with Crippen LogP contribution < -0.4 is 10.6 Å². The molecule has 1 atom stereocenters. The minimum Gasteiger partial charge on any atom is -0.449 e. The number of hydrogen-bond acceptors (Lipinski definition) is 3. The third kappa shape index (κ3) is 2.17. The summed E-state index contributed by atoms with van der Waals surface area (Å²) in [6.07, 6.45) is 0.612. The highest BCUT2D eigenvalue weighted by molar-refractivity contribution is 5.88. The summed E-state index contributed by atoms with van der Waals surface area (Å²) >= 11 is 0. The molecule has 4 heteroatoms. The van der Waals surface area contributed by atoms with Gasteiger partial charge < -0.3 is 10.5 Å². The molecule has 0 radical (unpaired) electrons. The standard InChI is InChI=1S/C12H16N2O2/c1-9(13)10-3-5-11(6-4-10)14-7-2-8-16-12(14)15/h3-6,9H,2,7-8,13H2,1H3. The quantitative estimate of drug-likeness (QED) is 0.829. The highest BCUT2D eigenvalue weighted by Crippen LogP contribution is 2.20. The number of ether oxygens (including phenoxy) is 1. The Morgan fingerprint density at radius 3 is 2.62 bits per heavy atom. The molecule has 2 rings (SSSR count). The zero-order valence-electron chi connectivity index (χ0n) is 9.35. The van der Waals surface area contributed by atoms with Crippen molar-refractivity contribution in [2.24, 2.45) is 5.73 Å². The largest absolute Gasteiger partial charge is 0.449 e.